The molecule has 1 aliphatic carbocycles. The van der Waals surface area contributed by atoms with Gasteiger partial charge in [-0.2, -0.15) is 0 Å². The second-order valence-corrected chi connectivity index (χ2v) is 17.8. The molecule has 4 aromatic carbocycles. The summed E-state index contributed by atoms with van der Waals surface area (Å²) in [5, 5.41) is 0. The summed E-state index contributed by atoms with van der Waals surface area (Å²) < 4.78 is 62.8. The molecule has 0 N–H and O–H groups in total. The average Bonchev–Trinajstić information content (AvgIpc) is 3.04. The van der Waals surface area contributed by atoms with Gasteiger partial charge in [0.25, 0.3) is 0 Å². The van der Waals surface area contributed by atoms with E-state index in [2.05, 4.69) is 0 Å². The maximum atomic E-state index is 14.4. The first-order valence-corrected chi connectivity index (χ1v) is 20.0. The van der Waals surface area contributed by atoms with E-state index in [0.717, 1.165) is 22.3 Å². The first-order valence-electron chi connectivity index (χ1n) is 14.7. The van der Waals surface area contributed by atoms with E-state index in [9.17, 15) is 16.8 Å². The van der Waals surface area contributed by atoms with Crippen LogP contribution in [0.5, 0.6) is 5.75 Å². The van der Waals surface area contributed by atoms with E-state index in [1.807, 2.05) is 128 Å². The average molecular weight is 677 g/mol. The van der Waals surface area contributed by atoms with Crippen molar-refractivity contribution in [2.45, 2.75) is 35.3 Å². The summed E-state index contributed by atoms with van der Waals surface area (Å²) in [7, 11) is -8.21. The number of hydrogen-bond donors (Lipinski definition) is 0. The van der Waals surface area contributed by atoms with E-state index in [1.165, 1.54) is 23.5 Å². The molecule has 0 aliphatic heterocycles. The third-order valence-corrected chi connectivity index (χ3v) is 13.9. The fourth-order valence-electron chi connectivity index (χ4n) is 5.62. The first kappa shape index (κ1) is 33.1. The van der Waals surface area contributed by atoms with Crippen molar-refractivity contribution in [2.75, 3.05) is 17.8 Å². The number of allylic oxidation sites excluding steroid dienone is 1. The standard InChI is InChI=1S/C36H36O5S4/c1-4-42-36(43-30-24-16-9-17-25-30)34(41-29-22-14-8-15-23-29)32(28-20-12-7-13-21-28)31(26-27-18-10-6-11-19-27)33(45(39,40)5-2)35(36)44(3,37)38/h6-25,34H,4-5,26H2,1-3H3. The fourth-order valence-corrected chi connectivity index (χ4v) is 13.1. The number of thioether (sulfide) groups is 2. The van der Waals surface area contributed by atoms with Crippen molar-refractivity contribution >= 4 is 48.8 Å². The Balaban J connectivity index is 2.00. The van der Waals surface area contributed by atoms with Crippen molar-refractivity contribution in [3.05, 3.63) is 148 Å². The normalized spacial score (nSPS) is 19.0. The second kappa shape index (κ2) is 14.0. The first-order chi connectivity index (χ1) is 21.6. The van der Waals surface area contributed by atoms with E-state index in [1.54, 1.807) is 6.92 Å². The van der Waals surface area contributed by atoms with Crippen LogP contribution >= 0.6 is 23.5 Å². The molecular formula is C36H36O5S4. The molecule has 0 fully saturated rings. The molecule has 4 aromatic rings. The summed E-state index contributed by atoms with van der Waals surface area (Å²) in [5.74, 6) is 0.803. The van der Waals surface area contributed by atoms with Crippen molar-refractivity contribution in [2.24, 2.45) is 0 Å². The van der Waals surface area contributed by atoms with Crippen LogP contribution in [-0.2, 0) is 26.1 Å². The third-order valence-electron chi connectivity index (χ3n) is 7.47. The predicted molar refractivity (Wildman–Crippen MR) is 189 cm³/mol. The van der Waals surface area contributed by atoms with Gasteiger partial charge in [-0.15, -0.1) is 11.8 Å². The highest BCUT2D eigenvalue weighted by molar-refractivity contribution is 8.20. The molecule has 0 bridgehead atoms. The molecule has 0 radical (unpaired) electrons. The summed E-state index contributed by atoms with van der Waals surface area (Å²) in [4.78, 5) is 0.560. The van der Waals surface area contributed by atoms with Crippen molar-refractivity contribution in [1.29, 1.82) is 0 Å². The minimum absolute atomic E-state index is 0.118. The van der Waals surface area contributed by atoms with Crippen LogP contribution in [0.1, 0.15) is 25.0 Å². The van der Waals surface area contributed by atoms with Crippen molar-refractivity contribution < 1.29 is 21.6 Å². The van der Waals surface area contributed by atoms with Gasteiger partial charge in [-0.1, -0.05) is 123 Å². The molecule has 0 aromatic heterocycles. The van der Waals surface area contributed by atoms with Crippen LogP contribution in [-0.4, -0.2) is 44.8 Å². The maximum Gasteiger partial charge on any atom is 0.179 e. The predicted octanol–water partition coefficient (Wildman–Crippen LogP) is 8.08. The van der Waals surface area contributed by atoms with Gasteiger partial charge in [-0.05, 0) is 53.1 Å². The number of hydrogen-bond acceptors (Lipinski definition) is 7. The van der Waals surface area contributed by atoms with Gasteiger partial charge in [0.1, 0.15) is 9.83 Å². The Hall–Kier alpha value is -3.24. The van der Waals surface area contributed by atoms with E-state index in [-0.39, 0.29) is 22.0 Å². The maximum absolute atomic E-state index is 14.4. The topological polar surface area (TPSA) is 77.5 Å². The molecule has 5 nitrogen and oxygen atoms in total. The summed E-state index contributed by atoms with van der Waals surface area (Å²) >= 11 is 2.73. The number of ether oxygens (including phenoxy) is 1. The Labute approximate surface area is 275 Å². The monoisotopic (exact) mass is 676 g/mol. The molecule has 1 aliphatic rings. The molecule has 2 unspecified atom stereocenters. The van der Waals surface area contributed by atoms with Crippen LogP contribution in [0.4, 0.5) is 0 Å². The lowest BCUT2D eigenvalue weighted by Crippen LogP contribution is -2.49. The lowest BCUT2D eigenvalue weighted by atomic mass is 9.85. The summed E-state index contributed by atoms with van der Waals surface area (Å²) in [5.41, 5.74) is 2.74. The van der Waals surface area contributed by atoms with Crippen LogP contribution < -0.4 is 4.74 Å². The zero-order valence-corrected chi connectivity index (χ0v) is 28.7. The highest BCUT2D eigenvalue weighted by atomic mass is 32.2. The van der Waals surface area contributed by atoms with Gasteiger partial charge in [0.2, 0.25) is 0 Å². The molecule has 0 saturated carbocycles. The Morgan fingerprint density at radius 3 is 1.80 bits per heavy atom. The van der Waals surface area contributed by atoms with Crippen LogP contribution in [0.3, 0.4) is 0 Å². The largest absolute Gasteiger partial charge is 0.483 e. The minimum Gasteiger partial charge on any atom is -0.483 e. The fraction of sp³-hybridized carbons (Fsp3) is 0.222. The highest BCUT2D eigenvalue weighted by Gasteiger charge is 2.57. The quantitative estimate of drug-likeness (QED) is 0.141. The van der Waals surface area contributed by atoms with E-state index >= 15 is 0 Å². The second-order valence-electron chi connectivity index (χ2n) is 10.6. The Bertz CT molecular complexity index is 1890. The number of para-hydroxylation sites is 1. The zero-order chi connectivity index (χ0) is 32.1. The van der Waals surface area contributed by atoms with Gasteiger partial charge in [0.05, 0.1) is 15.6 Å². The van der Waals surface area contributed by atoms with Gasteiger partial charge < -0.3 is 4.74 Å². The summed E-state index contributed by atoms with van der Waals surface area (Å²) in [6.07, 6.45) is 0.435. The van der Waals surface area contributed by atoms with Gasteiger partial charge in [0.15, 0.2) is 25.8 Å². The number of sulfone groups is 2. The molecule has 2 atom stereocenters. The van der Waals surface area contributed by atoms with Gasteiger partial charge in [0, 0.05) is 16.7 Å². The SMILES string of the molecule is CCSC1(Sc2ccccc2)C(S(C)(=O)=O)=C(S(=O)(=O)CC)C(Cc2ccccc2)=C(c2ccccc2)C1Oc1ccccc1. The minimum atomic E-state index is -4.13. The van der Waals surface area contributed by atoms with Crippen molar-refractivity contribution in [3.63, 3.8) is 0 Å². The highest BCUT2D eigenvalue weighted by Crippen LogP contribution is 2.60. The molecular weight excluding hydrogens is 641 g/mol. The van der Waals surface area contributed by atoms with E-state index < -0.39 is 29.9 Å². The number of rotatable bonds is 12. The number of benzene rings is 4. The Morgan fingerprint density at radius 2 is 1.27 bits per heavy atom. The Morgan fingerprint density at radius 1 is 0.733 bits per heavy atom. The van der Waals surface area contributed by atoms with Gasteiger partial charge in [-0.3, -0.25) is 0 Å². The molecule has 45 heavy (non-hydrogen) atoms. The summed E-state index contributed by atoms with van der Waals surface area (Å²) in [6, 6.07) is 38.0. The van der Waals surface area contributed by atoms with E-state index in [0.29, 0.717) is 22.6 Å². The smallest absolute Gasteiger partial charge is 0.179 e. The van der Waals surface area contributed by atoms with E-state index in [4.69, 9.17) is 4.74 Å². The summed E-state index contributed by atoms with van der Waals surface area (Å²) in [6.45, 7) is 3.52. The van der Waals surface area contributed by atoms with Crippen molar-refractivity contribution in [3.8, 4) is 5.75 Å². The third kappa shape index (κ3) is 7.12. The van der Waals surface area contributed by atoms with Crippen molar-refractivity contribution in [1.82, 2.24) is 0 Å². The Kier molecular flexibility index (Phi) is 10.3. The molecule has 0 amide bonds. The lowest BCUT2D eigenvalue weighted by molar-refractivity contribution is 0.254. The lowest BCUT2D eigenvalue weighted by Gasteiger charge is -2.46. The molecule has 0 spiro atoms. The van der Waals surface area contributed by atoms with Crippen LogP contribution in [0.15, 0.2) is 142 Å². The molecule has 0 saturated heterocycles. The van der Waals surface area contributed by atoms with Crippen LogP contribution in [0, 0.1) is 0 Å². The van der Waals surface area contributed by atoms with Crippen LogP contribution in [0.2, 0.25) is 0 Å². The molecule has 234 valence electrons. The van der Waals surface area contributed by atoms with Gasteiger partial charge in [-0.25, -0.2) is 16.8 Å². The molecule has 9 heteroatoms. The molecule has 5 rings (SSSR count). The zero-order valence-electron chi connectivity index (χ0n) is 25.4. The molecule has 0 heterocycles. The van der Waals surface area contributed by atoms with Gasteiger partial charge >= 0.3 is 0 Å². The van der Waals surface area contributed by atoms with Crippen LogP contribution in [0.25, 0.3) is 5.57 Å².